The molecule has 0 saturated heterocycles. The van der Waals surface area contributed by atoms with E-state index in [1.807, 2.05) is 57.4 Å². The number of aldehydes is 1. The standard InChI is InChI=1S/C38H34N4.C10H12O.C9H10N2.CH4/c1-21-15-23(3)35(24(4)16-21)37-31-11-7-27(39-31)19-29-9-13-33(41-29)38(36-25(5)17-22(2)18-26(36)6)34-14-10-30(42-34)20-28-8-12-32(37)40-28;1-7-4-8(2)10(6-11)9(3)5-7;1-3-8(10-5-1)7-9-4-2-6-11-9;/h7-20,39-40H,1-6H3;4-6H,1-3H3;1-6,10-11H,7H2;1H4. The molecule has 0 atom stereocenters. The molecule has 0 fully saturated rings. The van der Waals surface area contributed by atoms with Gasteiger partial charge in [-0.2, -0.15) is 0 Å². The number of H-pyrrole nitrogens is 4. The molecule has 0 saturated carbocycles. The maximum absolute atomic E-state index is 10.6. The number of aromatic amines is 4. The van der Waals surface area contributed by atoms with Gasteiger partial charge in [-0.25, -0.2) is 9.97 Å². The van der Waals surface area contributed by atoms with Crippen LogP contribution in [-0.2, 0) is 6.42 Å². The molecule has 7 heterocycles. The van der Waals surface area contributed by atoms with Crippen molar-refractivity contribution in [1.82, 2.24) is 29.9 Å². The number of hydrogen-bond donors (Lipinski definition) is 4. The predicted octanol–water partition coefficient (Wildman–Crippen LogP) is 14.8. The van der Waals surface area contributed by atoms with Gasteiger partial charge < -0.3 is 19.9 Å². The average Bonchev–Trinajstić information content (AvgIpc) is 4.10. The molecule has 0 aliphatic carbocycles. The van der Waals surface area contributed by atoms with Crippen molar-refractivity contribution in [2.75, 3.05) is 0 Å². The third-order valence-corrected chi connectivity index (χ3v) is 11.8. The minimum absolute atomic E-state index is 0. The molecular weight excluding hydrogens is 797 g/mol. The van der Waals surface area contributed by atoms with E-state index in [4.69, 9.17) is 9.97 Å². The first-order valence-electron chi connectivity index (χ1n) is 21.9. The highest BCUT2D eigenvalue weighted by Gasteiger charge is 2.18. The fraction of sp³-hybridized carbons (Fsp3) is 0.190. The number of carbonyl (C=O) groups excluding carboxylic acids is 1. The molecule has 5 aromatic heterocycles. The summed E-state index contributed by atoms with van der Waals surface area (Å²) in [6.45, 7) is 19.0. The molecular formula is C58H60N6O. The summed E-state index contributed by atoms with van der Waals surface area (Å²) in [7, 11) is 0. The first-order chi connectivity index (χ1) is 30.8. The van der Waals surface area contributed by atoms with E-state index < -0.39 is 0 Å². The monoisotopic (exact) mass is 856 g/mol. The lowest BCUT2D eigenvalue weighted by molar-refractivity contribution is 0.112. The predicted molar refractivity (Wildman–Crippen MR) is 275 cm³/mol. The molecule has 8 bridgehead atoms. The Morgan fingerprint density at radius 1 is 0.462 bits per heavy atom. The van der Waals surface area contributed by atoms with Crippen LogP contribution in [0.1, 0.15) is 102 Å². The van der Waals surface area contributed by atoms with E-state index in [1.54, 1.807) is 0 Å². The van der Waals surface area contributed by atoms with Crippen molar-refractivity contribution in [2.24, 2.45) is 0 Å². The topological polar surface area (TPSA) is 106 Å². The molecule has 8 aromatic rings. The molecule has 2 aliphatic heterocycles. The van der Waals surface area contributed by atoms with E-state index in [1.165, 1.54) is 61.5 Å². The van der Waals surface area contributed by atoms with Gasteiger partial charge in [0.05, 0.1) is 22.8 Å². The van der Waals surface area contributed by atoms with E-state index >= 15 is 0 Å². The maximum atomic E-state index is 10.6. The van der Waals surface area contributed by atoms with Crippen molar-refractivity contribution in [2.45, 2.75) is 76.2 Å². The highest BCUT2D eigenvalue weighted by molar-refractivity contribution is 5.96. The van der Waals surface area contributed by atoms with Crippen LogP contribution in [0.5, 0.6) is 0 Å². The largest absolute Gasteiger partial charge is 0.365 e. The Labute approximate surface area is 383 Å². The Morgan fingerprint density at radius 2 is 0.862 bits per heavy atom. The van der Waals surface area contributed by atoms with Gasteiger partial charge in [0.15, 0.2) is 6.29 Å². The Balaban J connectivity index is 0.000000223. The number of nitrogens with zero attached hydrogens (tertiary/aromatic N) is 2. The van der Waals surface area contributed by atoms with Gasteiger partial charge in [0.2, 0.25) is 0 Å². The van der Waals surface area contributed by atoms with E-state index in [0.717, 1.165) is 85.4 Å². The van der Waals surface area contributed by atoms with Gasteiger partial charge in [-0.3, -0.25) is 4.79 Å². The molecule has 328 valence electrons. The second-order valence-corrected chi connectivity index (χ2v) is 17.2. The summed E-state index contributed by atoms with van der Waals surface area (Å²) in [5.41, 5.74) is 26.7. The molecule has 2 aliphatic rings. The summed E-state index contributed by atoms with van der Waals surface area (Å²) in [4.78, 5) is 34.5. The molecule has 10 rings (SSSR count). The van der Waals surface area contributed by atoms with Crippen LogP contribution < -0.4 is 0 Å². The van der Waals surface area contributed by atoms with Gasteiger partial charge in [0, 0.05) is 69.0 Å². The van der Waals surface area contributed by atoms with Gasteiger partial charge in [0.25, 0.3) is 0 Å². The average molecular weight is 857 g/mol. The molecule has 4 N–H and O–H groups in total. The van der Waals surface area contributed by atoms with Crippen LogP contribution in [0, 0.1) is 62.3 Å². The van der Waals surface area contributed by atoms with Gasteiger partial charge in [-0.15, -0.1) is 0 Å². The Morgan fingerprint density at radius 3 is 1.25 bits per heavy atom. The number of aryl methyl sites for hydroxylation is 9. The van der Waals surface area contributed by atoms with Crippen molar-refractivity contribution >= 4 is 52.7 Å². The van der Waals surface area contributed by atoms with Gasteiger partial charge in [0.1, 0.15) is 0 Å². The molecule has 0 unspecified atom stereocenters. The smallest absolute Gasteiger partial charge is 0.150 e. The number of benzene rings is 3. The van der Waals surface area contributed by atoms with E-state index in [0.29, 0.717) is 0 Å². The molecule has 0 spiro atoms. The van der Waals surface area contributed by atoms with Crippen molar-refractivity contribution in [3.8, 4) is 22.3 Å². The first kappa shape index (κ1) is 45.5. The SMILES string of the molecule is C.Cc1cc(C)c(-c2c3nc(cc4ccc([nH]4)c(-c4c(C)cc(C)cc4C)c4ccc(cc5nc2C=C5)[nH]4)C=C3)c(C)c1.Cc1cc(C)c(C=O)c(C)c1.c1c[nH]c(Cc2ccc[nH]2)c1. The zero-order chi connectivity index (χ0) is 45.1. The van der Waals surface area contributed by atoms with Crippen molar-refractivity contribution in [3.63, 3.8) is 0 Å². The summed E-state index contributed by atoms with van der Waals surface area (Å²) in [6.07, 6.45) is 14.2. The highest BCUT2D eigenvalue weighted by Crippen LogP contribution is 2.37. The van der Waals surface area contributed by atoms with Crippen LogP contribution in [-0.4, -0.2) is 36.2 Å². The molecule has 7 heteroatoms. The lowest BCUT2D eigenvalue weighted by Crippen LogP contribution is -1.95. The number of nitrogens with one attached hydrogen (secondary N) is 4. The molecule has 0 radical (unpaired) electrons. The molecule has 7 nitrogen and oxygen atoms in total. The quantitative estimate of drug-likeness (QED) is 0.130. The Kier molecular flexibility index (Phi) is 13.6. The number of aromatic nitrogens is 6. The third kappa shape index (κ3) is 10.2. The third-order valence-electron chi connectivity index (χ3n) is 11.8. The zero-order valence-corrected chi connectivity index (χ0v) is 38.3. The Bertz CT molecular complexity index is 3050. The van der Waals surface area contributed by atoms with Gasteiger partial charge >= 0.3 is 0 Å². The normalized spacial score (nSPS) is 11.3. The van der Waals surface area contributed by atoms with Crippen LogP contribution in [0.2, 0.25) is 0 Å². The zero-order valence-electron chi connectivity index (χ0n) is 38.3. The minimum atomic E-state index is 0. The highest BCUT2D eigenvalue weighted by atomic mass is 16.1. The second kappa shape index (κ2) is 19.5. The van der Waals surface area contributed by atoms with Crippen LogP contribution in [0.15, 0.2) is 109 Å². The van der Waals surface area contributed by atoms with Gasteiger partial charge in [-0.05, 0) is 192 Å². The fourth-order valence-electron chi connectivity index (χ4n) is 9.29. The van der Waals surface area contributed by atoms with E-state index in [9.17, 15) is 4.79 Å². The van der Waals surface area contributed by atoms with Crippen LogP contribution in [0.3, 0.4) is 0 Å². The van der Waals surface area contributed by atoms with Gasteiger partial charge in [-0.1, -0.05) is 60.5 Å². The number of hydrogen-bond acceptors (Lipinski definition) is 3. The van der Waals surface area contributed by atoms with Crippen LogP contribution in [0.4, 0.5) is 0 Å². The van der Waals surface area contributed by atoms with E-state index in [-0.39, 0.29) is 7.43 Å². The molecule has 3 aromatic carbocycles. The summed E-state index contributed by atoms with van der Waals surface area (Å²) < 4.78 is 0. The summed E-state index contributed by atoms with van der Waals surface area (Å²) in [5.74, 6) is 0. The summed E-state index contributed by atoms with van der Waals surface area (Å²) in [5, 5.41) is 0. The lowest BCUT2D eigenvalue weighted by Gasteiger charge is -2.13. The van der Waals surface area contributed by atoms with E-state index in [2.05, 4.69) is 159 Å². The maximum Gasteiger partial charge on any atom is 0.150 e. The minimum Gasteiger partial charge on any atom is -0.365 e. The van der Waals surface area contributed by atoms with Crippen molar-refractivity contribution in [1.29, 1.82) is 0 Å². The number of carbonyl (C=O) groups is 1. The number of fused-ring (bicyclic) bond motifs is 8. The van der Waals surface area contributed by atoms with Crippen LogP contribution in [0.25, 0.3) is 68.6 Å². The molecule has 0 amide bonds. The fourth-order valence-corrected chi connectivity index (χ4v) is 9.29. The number of rotatable bonds is 5. The van der Waals surface area contributed by atoms with Crippen LogP contribution >= 0.6 is 0 Å². The Hall–Kier alpha value is -7.51. The molecule has 65 heavy (non-hydrogen) atoms. The summed E-state index contributed by atoms with van der Waals surface area (Å²) >= 11 is 0. The second-order valence-electron chi connectivity index (χ2n) is 17.2. The lowest BCUT2D eigenvalue weighted by atomic mass is 9.92. The first-order valence-corrected chi connectivity index (χ1v) is 21.9. The van der Waals surface area contributed by atoms with Crippen molar-refractivity contribution in [3.05, 3.63) is 199 Å². The summed E-state index contributed by atoms with van der Waals surface area (Å²) in [6, 6.07) is 34.1. The van der Waals surface area contributed by atoms with Crippen molar-refractivity contribution < 1.29 is 4.79 Å².